The van der Waals surface area contributed by atoms with E-state index in [-0.39, 0.29) is 23.8 Å². The fourth-order valence-corrected chi connectivity index (χ4v) is 5.71. The van der Waals surface area contributed by atoms with E-state index in [4.69, 9.17) is 9.47 Å². The van der Waals surface area contributed by atoms with Crippen molar-refractivity contribution in [2.75, 3.05) is 27.2 Å². The first-order chi connectivity index (χ1) is 20.8. The van der Waals surface area contributed by atoms with Crippen molar-refractivity contribution in [3.8, 4) is 0 Å². The number of nitrogens with zero attached hydrogens (tertiary/aromatic N) is 1. The van der Waals surface area contributed by atoms with Crippen LogP contribution in [0.25, 0.3) is 0 Å². The Morgan fingerprint density at radius 3 is 1.58 bits per heavy atom. The van der Waals surface area contributed by atoms with Gasteiger partial charge in [0.25, 0.3) is 0 Å². The Morgan fingerprint density at radius 1 is 0.558 bits per heavy atom. The first-order valence-electron chi connectivity index (χ1n) is 18.3. The van der Waals surface area contributed by atoms with Crippen molar-refractivity contribution in [1.82, 2.24) is 4.90 Å². The summed E-state index contributed by atoms with van der Waals surface area (Å²) < 4.78 is 11.5. The van der Waals surface area contributed by atoms with Gasteiger partial charge in [0.15, 0.2) is 0 Å². The molecule has 0 aliphatic carbocycles. The molecule has 0 aromatic carbocycles. The van der Waals surface area contributed by atoms with Crippen LogP contribution >= 0.6 is 0 Å². The van der Waals surface area contributed by atoms with Crippen LogP contribution in [0.1, 0.15) is 181 Å². The van der Waals surface area contributed by atoms with Gasteiger partial charge in [0.2, 0.25) is 0 Å². The zero-order valence-electron chi connectivity index (χ0n) is 29.2. The van der Waals surface area contributed by atoms with Gasteiger partial charge in [-0.3, -0.25) is 9.59 Å². The molecule has 0 aliphatic rings. The number of hydrogen-bond acceptors (Lipinski definition) is 6. The Balaban J connectivity index is 4.19. The van der Waals surface area contributed by atoms with Crippen LogP contribution < -0.4 is 0 Å². The molecule has 43 heavy (non-hydrogen) atoms. The van der Waals surface area contributed by atoms with Gasteiger partial charge in [-0.15, -0.1) is 0 Å². The van der Waals surface area contributed by atoms with E-state index in [1.165, 1.54) is 51.4 Å². The lowest BCUT2D eigenvalue weighted by atomic mass is 9.92. The summed E-state index contributed by atoms with van der Waals surface area (Å²) in [5.74, 6) is 0.865. The summed E-state index contributed by atoms with van der Waals surface area (Å²) in [6, 6.07) is 0. The minimum atomic E-state index is -0.0694. The van der Waals surface area contributed by atoms with Crippen molar-refractivity contribution >= 4 is 17.7 Å². The van der Waals surface area contributed by atoms with E-state index in [9.17, 15) is 14.4 Å². The largest absolute Gasteiger partial charge is 0.466 e. The number of carbonyl (C=O) groups is 3. The van der Waals surface area contributed by atoms with Gasteiger partial charge < -0.3 is 19.2 Å². The van der Waals surface area contributed by atoms with E-state index in [1.807, 2.05) is 14.1 Å². The molecule has 254 valence electrons. The van der Waals surface area contributed by atoms with Gasteiger partial charge in [0.1, 0.15) is 11.9 Å². The summed E-state index contributed by atoms with van der Waals surface area (Å²) in [6.45, 7) is 7.64. The van der Waals surface area contributed by atoms with Crippen molar-refractivity contribution in [3.63, 3.8) is 0 Å². The number of rotatable bonds is 32. The summed E-state index contributed by atoms with van der Waals surface area (Å²) in [6.07, 6.45) is 26.2. The van der Waals surface area contributed by atoms with Gasteiger partial charge in [-0.25, -0.2) is 0 Å². The molecule has 0 N–H and O–H groups in total. The highest BCUT2D eigenvalue weighted by molar-refractivity contribution is 5.75. The third-order valence-corrected chi connectivity index (χ3v) is 8.47. The molecular formula is C37H71NO5. The molecule has 1 unspecified atom stereocenters. The van der Waals surface area contributed by atoms with Crippen LogP contribution in [0.5, 0.6) is 0 Å². The van der Waals surface area contributed by atoms with Crippen molar-refractivity contribution in [3.05, 3.63) is 0 Å². The molecule has 0 saturated carbocycles. The summed E-state index contributed by atoms with van der Waals surface area (Å²) in [4.78, 5) is 37.9. The Bertz CT molecular complexity index is 655. The first kappa shape index (κ1) is 41.6. The number of ketones is 1. The highest BCUT2D eigenvalue weighted by Crippen LogP contribution is 2.21. The second kappa shape index (κ2) is 30.6. The van der Waals surface area contributed by atoms with Crippen LogP contribution in [0.2, 0.25) is 0 Å². The second-order valence-electron chi connectivity index (χ2n) is 13.2. The summed E-state index contributed by atoms with van der Waals surface area (Å²) in [5.41, 5.74) is 0. The molecule has 6 nitrogen and oxygen atoms in total. The molecule has 0 amide bonds. The normalized spacial score (nSPS) is 12.2. The van der Waals surface area contributed by atoms with E-state index < -0.39 is 0 Å². The quantitative estimate of drug-likeness (QED) is 0.0558. The van der Waals surface area contributed by atoms with Crippen molar-refractivity contribution in [2.24, 2.45) is 5.92 Å². The highest BCUT2D eigenvalue weighted by atomic mass is 16.5. The number of hydrogen-bond donors (Lipinski definition) is 0. The molecular weight excluding hydrogens is 538 g/mol. The standard InChI is InChI=1S/C37H71NO5/c1-6-8-16-24-34(25-17-9-7-2)30-32-42-36(40)28-21-15-11-14-20-27-35(43-37(41)29-22-31-38(4)5)26-19-13-10-12-18-23-33(3)39/h34-35H,6-32H2,1-5H3. The number of esters is 2. The molecule has 0 spiro atoms. The van der Waals surface area contributed by atoms with Crippen molar-refractivity contribution in [1.29, 1.82) is 0 Å². The molecule has 0 fully saturated rings. The Hall–Kier alpha value is -1.43. The lowest BCUT2D eigenvalue weighted by Crippen LogP contribution is -2.20. The zero-order chi connectivity index (χ0) is 32.0. The van der Waals surface area contributed by atoms with Crippen molar-refractivity contribution < 1.29 is 23.9 Å². The minimum Gasteiger partial charge on any atom is -0.466 e. The van der Waals surface area contributed by atoms with Crippen LogP contribution in [0.15, 0.2) is 0 Å². The van der Waals surface area contributed by atoms with Gasteiger partial charge in [0, 0.05) is 19.3 Å². The van der Waals surface area contributed by atoms with Gasteiger partial charge in [-0.2, -0.15) is 0 Å². The highest BCUT2D eigenvalue weighted by Gasteiger charge is 2.15. The van der Waals surface area contributed by atoms with E-state index in [1.54, 1.807) is 6.92 Å². The van der Waals surface area contributed by atoms with E-state index in [0.29, 0.717) is 31.8 Å². The van der Waals surface area contributed by atoms with Crippen LogP contribution in [0.4, 0.5) is 0 Å². The molecule has 0 rings (SSSR count). The molecule has 0 heterocycles. The average Bonchev–Trinajstić information content (AvgIpc) is 2.95. The number of ether oxygens (including phenoxy) is 2. The van der Waals surface area contributed by atoms with Crippen LogP contribution in [-0.4, -0.2) is 56.0 Å². The fraction of sp³-hybridized carbons (Fsp3) is 0.919. The minimum absolute atomic E-state index is 0.00632. The second-order valence-corrected chi connectivity index (χ2v) is 13.2. The molecule has 6 heteroatoms. The van der Waals surface area contributed by atoms with Crippen LogP contribution in [0, 0.1) is 5.92 Å². The molecule has 0 saturated heterocycles. The third-order valence-electron chi connectivity index (χ3n) is 8.47. The monoisotopic (exact) mass is 610 g/mol. The summed E-state index contributed by atoms with van der Waals surface area (Å²) in [7, 11) is 4.04. The molecule has 0 aromatic rings. The van der Waals surface area contributed by atoms with Gasteiger partial charge in [-0.05, 0) is 84.8 Å². The predicted octanol–water partition coefficient (Wildman–Crippen LogP) is 10.0. The molecule has 0 aromatic heterocycles. The average molecular weight is 610 g/mol. The summed E-state index contributed by atoms with van der Waals surface area (Å²) in [5, 5.41) is 0. The maximum atomic E-state index is 12.4. The summed E-state index contributed by atoms with van der Waals surface area (Å²) >= 11 is 0. The maximum Gasteiger partial charge on any atom is 0.306 e. The van der Waals surface area contributed by atoms with Crippen LogP contribution in [-0.2, 0) is 23.9 Å². The molecule has 0 aliphatic heterocycles. The fourth-order valence-electron chi connectivity index (χ4n) is 5.71. The topological polar surface area (TPSA) is 72.9 Å². The van der Waals surface area contributed by atoms with Gasteiger partial charge in [0.05, 0.1) is 6.61 Å². The van der Waals surface area contributed by atoms with E-state index in [2.05, 4.69) is 18.7 Å². The van der Waals surface area contributed by atoms with E-state index >= 15 is 0 Å². The smallest absolute Gasteiger partial charge is 0.306 e. The van der Waals surface area contributed by atoms with Crippen molar-refractivity contribution in [2.45, 2.75) is 187 Å². The number of carbonyl (C=O) groups excluding carboxylic acids is 3. The third kappa shape index (κ3) is 30.4. The van der Waals surface area contributed by atoms with Crippen LogP contribution in [0.3, 0.4) is 0 Å². The Morgan fingerprint density at radius 2 is 1.05 bits per heavy atom. The predicted molar refractivity (Wildman–Crippen MR) is 180 cm³/mol. The van der Waals surface area contributed by atoms with E-state index in [0.717, 1.165) is 96.4 Å². The lowest BCUT2D eigenvalue weighted by Gasteiger charge is -2.18. The van der Waals surface area contributed by atoms with Gasteiger partial charge >= 0.3 is 11.9 Å². The Kier molecular flexibility index (Phi) is 29.6. The number of unbranched alkanes of at least 4 members (excludes halogenated alkanes) is 12. The molecule has 0 radical (unpaired) electrons. The first-order valence-corrected chi connectivity index (χ1v) is 18.3. The SMILES string of the molecule is CCCCCC(CCCCC)CCOC(=O)CCCCCCCC(CCCCCCCC(C)=O)OC(=O)CCCN(C)C. The molecule has 1 atom stereocenters. The van der Waals surface area contributed by atoms with Gasteiger partial charge in [-0.1, -0.05) is 104 Å². The zero-order valence-corrected chi connectivity index (χ0v) is 29.2. The maximum absolute atomic E-state index is 12.4. The Labute approximate surface area is 266 Å². The molecule has 0 bridgehead atoms. The number of Topliss-reactive ketones (excluding diaryl/α,β-unsaturated/α-hetero) is 1. The lowest BCUT2D eigenvalue weighted by molar-refractivity contribution is -0.150.